The van der Waals surface area contributed by atoms with Crippen LogP contribution in [0, 0.1) is 17.1 Å². The number of nitriles is 1. The third-order valence-corrected chi connectivity index (χ3v) is 9.35. The molecule has 7 aromatic rings. The number of ether oxygens (including phenoxy) is 2. The van der Waals surface area contributed by atoms with Gasteiger partial charge in [0.15, 0.2) is 11.6 Å². The van der Waals surface area contributed by atoms with Crippen molar-refractivity contribution in [3.05, 3.63) is 203 Å². The van der Waals surface area contributed by atoms with Gasteiger partial charge < -0.3 is 19.4 Å². The molecule has 7 heteroatoms. The Balaban J connectivity index is 1.61. The fourth-order valence-electron chi connectivity index (χ4n) is 7.05. The number of imidazole rings is 1. The Morgan fingerprint density at radius 2 is 1.30 bits per heavy atom. The quantitative estimate of drug-likeness (QED) is 0.121. The van der Waals surface area contributed by atoms with Crippen LogP contribution in [0.4, 0.5) is 10.1 Å². The second-order valence-electron chi connectivity index (χ2n) is 13.2. The van der Waals surface area contributed by atoms with Gasteiger partial charge in [-0.25, -0.2) is 9.37 Å². The summed E-state index contributed by atoms with van der Waals surface area (Å²) in [5.41, 5.74) is 5.09. The van der Waals surface area contributed by atoms with Crippen LogP contribution in [-0.2, 0) is 5.54 Å². The molecule has 0 saturated heterocycles. The molecule has 1 unspecified atom stereocenters. The molecule has 0 spiro atoms. The van der Waals surface area contributed by atoms with E-state index in [-0.39, 0.29) is 17.4 Å². The van der Waals surface area contributed by atoms with Crippen LogP contribution in [0.15, 0.2) is 164 Å². The molecular weight excluding hydrogens is 672 g/mol. The lowest BCUT2D eigenvalue weighted by atomic mass is 9.76. The Morgan fingerprint density at radius 3 is 1.80 bits per heavy atom. The summed E-state index contributed by atoms with van der Waals surface area (Å²) in [6.07, 6.45) is 1.78. The molecule has 6 nitrogen and oxygen atoms in total. The van der Waals surface area contributed by atoms with Gasteiger partial charge in [0.25, 0.3) is 0 Å². The van der Waals surface area contributed by atoms with Crippen molar-refractivity contribution in [3.8, 4) is 28.8 Å². The van der Waals surface area contributed by atoms with Crippen molar-refractivity contribution in [2.45, 2.75) is 38.5 Å². The highest BCUT2D eigenvalue weighted by Gasteiger charge is 2.42. The number of hydrogen-bond acceptors (Lipinski definition) is 5. The topological polar surface area (TPSA) is 72.1 Å². The average molecular weight is 713 g/mol. The summed E-state index contributed by atoms with van der Waals surface area (Å²) in [6, 6.07) is 52.8. The molecule has 7 rings (SSSR count). The van der Waals surface area contributed by atoms with E-state index in [0.717, 1.165) is 22.3 Å². The van der Waals surface area contributed by atoms with Gasteiger partial charge in [0, 0.05) is 29.1 Å². The van der Waals surface area contributed by atoms with Crippen molar-refractivity contribution in [2.24, 2.45) is 0 Å². The molecule has 0 aliphatic heterocycles. The van der Waals surface area contributed by atoms with Crippen LogP contribution in [0.5, 0.6) is 11.5 Å². The summed E-state index contributed by atoms with van der Waals surface area (Å²) in [7, 11) is 0. The molecule has 0 fully saturated rings. The van der Waals surface area contributed by atoms with Gasteiger partial charge in [0.1, 0.15) is 23.2 Å². The normalized spacial score (nSPS) is 11.9. The number of hydrogen-bond donors (Lipinski definition) is 1. The molecule has 0 aliphatic carbocycles. The minimum atomic E-state index is -0.977. The highest BCUT2D eigenvalue weighted by atomic mass is 19.1. The van der Waals surface area contributed by atoms with E-state index in [1.54, 1.807) is 24.3 Å². The van der Waals surface area contributed by atoms with E-state index < -0.39 is 17.4 Å². The summed E-state index contributed by atoms with van der Waals surface area (Å²) >= 11 is 0. The minimum absolute atomic E-state index is 0.0828. The monoisotopic (exact) mass is 712 g/mol. The molecule has 1 aromatic heterocycles. The maximum Gasteiger partial charge on any atom is 0.171 e. The average Bonchev–Trinajstić information content (AvgIpc) is 3.66. The first-order valence-corrected chi connectivity index (χ1v) is 18.1. The van der Waals surface area contributed by atoms with Crippen LogP contribution in [0.1, 0.15) is 60.5 Å². The van der Waals surface area contributed by atoms with E-state index in [1.807, 2.05) is 118 Å². The van der Waals surface area contributed by atoms with Gasteiger partial charge >= 0.3 is 0 Å². The van der Waals surface area contributed by atoms with Crippen molar-refractivity contribution in [2.75, 3.05) is 11.9 Å². The van der Waals surface area contributed by atoms with Crippen LogP contribution in [0.25, 0.3) is 11.3 Å². The predicted molar refractivity (Wildman–Crippen MR) is 212 cm³/mol. The molecule has 268 valence electrons. The molecule has 1 heterocycles. The second-order valence-corrected chi connectivity index (χ2v) is 13.2. The van der Waals surface area contributed by atoms with Crippen molar-refractivity contribution >= 4 is 5.69 Å². The van der Waals surface area contributed by atoms with Crippen LogP contribution < -0.4 is 14.8 Å². The molecule has 1 N–H and O–H groups in total. The van der Waals surface area contributed by atoms with Crippen molar-refractivity contribution < 1.29 is 13.9 Å². The number of halogens is 1. The zero-order valence-electron chi connectivity index (χ0n) is 30.5. The Bertz CT molecular complexity index is 2240. The summed E-state index contributed by atoms with van der Waals surface area (Å²) in [4.78, 5) is 5.44. The second kappa shape index (κ2) is 15.9. The lowest BCUT2D eigenvalue weighted by molar-refractivity contribution is 0.228. The summed E-state index contributed by atoms with van der Waals surface area (Å²) in [5.74, 6) is 0.564. The lowest BCUT2D eigenvalue weighted by Crippen LogP contribution is -2.39. The molecule has 54 heavy (non-hydrogen) atoms. The third-order valence-electron chi connectivity index (χ3n) is 9.35. The van der Waals surface area contributed by atoms with E-state index in [2.05, 4.69) is 58.5 Å². The molecule has 0 radical (unpaired) electrons. The van der Waals surface area contributed by atoms with Crippen LogP contribution in [0.2, 0.25) is 0 Å². The van der Waals surface area contributed by atoms with Gasteiger partial charge in [-0.1, -0.05) is 121 Å². The fraction of sp³-hybridized carbons (Fsp3) is 0.149. The maximum atomic E-state index is 17.2. The number of nitrogens with zero attached hydrogens (tertiary/aromatic N) is 3. The molecule has 1 atom stereocenters. The smallest absolute Gasteiger partial charge is 0.171 e. The molecule has 0 saturated carbocycles. The Hall–Kier alpha value is -6.65. The molecule has 0 aliphatic rings. The first kappa shape index (κ1) is 35.7. The number of benzene rings is 6. The van der Waals surface area contributed by atoms with Gasteiger partial charge in [-0.15, -0.1) is 0 Å². The lowest BCUT2D eigenvalue weighted by Gasteiger charge is -2.39. The van der Waals surface area contributed by atoms with E-state index in [1.165, 1.54) is 0 Å². The summed E-state index contributed by atoms with van der Waals surface area (Å²) in [5, 5.41) is 13.2. The third kappa shape index (κ3) is 7.07. The van der Waals surface area contributed by atoms with Crippen molar-refractivity contribution in [1.29, 1.82) is 5.26 Å². The van der Waals surface area contributed by atoms with Gasteiger partial charge in [-0.3, -0.25) is 0 Å². The van der Waals surface area contributed by atoms with E-state index in [0.29, 0.717) is 35.1 Å². The molecular formula is C47H41FN4O2. The van der Waals surface area contributed by atoms with Crippen molar-refractivity contribution in [3.63, 3.8) is 0 Å². The Labute approximate surface area is 316 Å². The van der Waals surface area contributed by atoms with Gasteiger partial charge in [-0.05, 0) is 67.8 Å². The fourth-order valence-corrected chi connectivity index (χ4v) is 7.05. The summed E-state index contributed by atoms with van der Waals surface area (Å²) < 4.78 is 31.5. The van der Waals surface area contributed by atoms with Crippen molar-refractivity contribution in [1.82, 2.24) is 9.55 Å². The van der Waals surface area contributed by atoms with E-state index >= 15 is 4.39 Å². The highest BCUT2D eigenvalue weighted by Crippen LogP contribution is 2.45. The zero-order valence-corrected chi connectivity index (χ0v) is 30.5. The van der Waals surface area contributed by atoms with Crippen LogP contribution in [-0.4, -0.2) is 22.3 Å². The Kier molecular flexibility index (Phi) is 10.5. The highest BCUT2D eigenvalue weighted by molar-refractivity contribution is 5.62. The first-order valence-electron chi connectivity index (χ1n) is 18.1. The van der Waals surface area contributed by atoms with Crippen LogP contribution in [0.3, 0.4) is 0 Å². The largest absolute Gasteiger partial charge is 0.494 e. The molecule has 0 amide bonds. The SMILES string of the molecule is CCOc1cc(OC(C)C)c(F)c(C(Nc2ccc(C#N)cc2)c2nc(-c3ccccc3)cn2C(c2ccccc2)(c2ccccc2)c2ccccc2)c1. The number of aromatic nitrogens is 2. The maximum absolute atomic E-state index is 17.2. The number of nitrogens with one attached hydrogen (secondary N) is 1. The Morgan fingerprint density at radius 1 is 0.759 bits per heavy atom. The molecule has 0 bridgehead atoms. The molecule has 6 aromatic carbocycles. The van der Waals surface area contributed by atoms with Gasteiger partial charge in [0.05, 0.1) is 30.0 Å². The predicted octanol–water partition coefficient (Wildman–Crippen LogP) is 10.8. The first-order chi connectivity index (χ1) is 26.4. The van der Waals surface area contributed by atoms with E-state index in [4.69, 9.17) is 14.5 Å². The number of rotatable bonds is 13. The van der Waals surface area contributed by atoms with Gasteiger partial charge in [-0.2, -0.15) is 5.26 Å². The van der Waals surface area contributed by atoms with Gasteiger partial charge in [0.2, 0.25) is 0 Å². The van der Waals surface area contributed by atoms with E-state index in [9.17, 15) is 5.26 Å². The zero-order chi connectivity index (χ0) is 37.5. The standard InChI is InChI=1S/C47H41FN4O2/c1-4-53-40-29-41(44(48)43(30-40)54-33(2)3)45(50-39-27-25-34(31-49)26-28-39)46-51-42(35-17-9-5-10-18-35)32-52(46)47(36-19-11-6-12-20-36,37-21-13-7-14-22-37)38-23-15-8-16-24-38/h5-30,32-33,45,50H,4H2,1-3H3. The summed E-state index contributed by atoms with van der Waals surface area (Å²) in [6.45, 7) is 6.01. The minimum Gasteiger partial charge on any atom is -0.494 e. The van der Waals surface area contributed by atoms with Crippen LogP contribution >= 0.6 is 0 Å². The number of anilines is 1.